The first-order valence-electron chi connectivity index (χ1n) is 13.9. The van der Waals surface area contributed by atoms with Crippen LogP contribution in [-0.2, 0) is 0 Å². The van der Waals surface area contributed by atoms with Gasteiger partial charge in [0.2, 0.25) is 5.95 Å². The maximum absolute atomic E-state index is 5.94. The Hall–Kier alpha value is -1.64. The number of hydrogen-bond donors (Lipinski definition) is 5. The lowest BCUT2D eigenvalue weighted by atomic mass is 9.89. The van der Waals surface area contributed by atoms with E-state index in [2.05, 4.69) is 50.0 Å². The third kappa shape index (κ3) is 11.7. The maximum Gasteiger partial charge on any atom is 0.226 e. The van der Waals surface area contributed by atoms with E-state index in [1.54, 1.807) is 0 Å². The SMILES string of the molecule is CCCC(CC)CNCCCNC.Nc1cc(N2CCNCC2)nc(NCC2CCCCC2)n1. The van der Waals surface area contributed by atoms with Crippen LogP contribution >= 0.6 is 0 Å². The Kier molecular flexibility index (Phi) is 14.9. The molecule has 1 aromatic rings. The first-order valence-corrected chi connectivity index (χ1v) is 13.9. The topological polar surface area (TPSA) is 103 Å². The summed E-state index contributed by atoms with van der Waals surface area (Å²) in [5, 5.41) is 13.4. The minimum absolute atomic E-state index is 0.546. The van der Waals surface area contributed by atoms with E-state index in [-0.39, 0.29) is 0 Å². The largest absolute Gasteiger partial charge is 0.383 e. The van der Waals surface area contributed by atoms with Gasteiger partial charge >= 0.3 is 0 Å². The molecule has 1 saturated carbocycles. The third-order valence-corrected chi connectivity index (χ3v) is 6.93. The molecule has 0 radical (unpaired) electrons. The molecule has 1 aliphatic carbocycles. The van der Waals surface area contributed by atoms with Crippen molar-refractivity contribution >= 4 is 17.6 Å². The molecule has 34 heavy (non-hydrogen) atoms. The van der Waals surface area contributed by atoms with Gasteiger partial charge in [-0.1, -0.05) is 46.0 Å². The molecule has 6 N–H and O–H groups in total. The Morgan fingerprint density at radius 3 is 2.56 bits per heavy atom. The number of aromatic nitrogens is 2. The highest BCUT2D eigenvalue weighted by atomic mass is 15.3. The number of rotatable bonds is 13. The lowest BCUT2D eigenvalue weighted by Crippen LogP contribution is -2.44. The minimum Gasteiger partial charge on any atom is -0.383 e. The standard InChI is InChI=1S/C15H26N6.C11H26N2/c16-13-10-14(21-8-6-17-7-9-21)20-15(19-13)18-11-12-4-2-1-3-5-12;1-4-7-11(5-2)10-13-9-6-8-12-3/h10,12,17H,1-9,11H2,(H3,16,18,19,20);11-13H,4-10H2,1-3H3. The van der Waals surface area contributed by atoms with Gasteiger partial charge in [-0.05, 0) is 64.2 Å². The van der Waals surface area contributed by atoms with E-state index < -0.39 is 0 Å². The second-order valence-corrected chi connectivity index (χ2v) is 9.82. The molecule has 0 amide bonds. The van der Waals surface area contributed by atoms with Crippen LogP contribution in [0.3, 0.4) is 0 Å². The lowest BCUT2D eigenvalue weighted by molar-refractivity contribution is 0.373. The van der Waals surface area contributed by atoms with Crippen molar-refractivity contribution in [2.24, 2.45) is 11.8 Å². The summed E-state index contributed by atoms with van der Waals surface area (Å²) in [5.41, 5.74) is 5.94. The first-order chi connectivity index (χ1) is 16.7. The van der Waals surface area contributed by atoms with Gasteiger partial charge in [0.1, 0.15) is 11.6 Å². The average molecular weight is 477 g/mol. The Morgan fingerprint density at radius 2 is 1.88 bits per heavy atom. The van der Waals surface area contributed by atoms with Crippen LogP contribution in [0.15, 0.2) is 6.07 Å². The van der Waals surface area contributed by atoms with Crippen molar-refractivity contribution in [3.63, 3.8) is 0 Å². The molecule has 2 fully saturated rings. The average Bonchev–Trinajstić information content (AvgIpc) is 2.88. The smallest absolute Gasteiger partial charge is 0.226 e. The van der Waals surface area contributed by atoms with Crippen LogP contribution in [-0.4, -0.2) is 69.4 Å². The molecule has 2 aliphatic rings. The fourth-order valence-corrected chi connectivity index (χ4v) is 4.77. The molecule has 1 atom stereocenters. The Balaban J connectivity index is 0.000000273. The van der Waals surface area contributed by atoms with Crippen molar-refractivity contribution < 1.29 is 0 Å². The molecule has 8 nitrogen and oxygen atoms in total. The van der Waals surface area contributed by atoms with E-state index in [4.69, 9.17) is 5.73 Å². The van der Waals surface area contributed by atoms with E-state index in [9.17, 15) is 0 Å². The molecule has 3 rings (SSSR count). The van der Waals surface area contributed by atoms with E-state index in [0.717, 1.165) is 63.5 Å². The van der Waals surface area contributed by atoms with E-state index in [1.165, 1.54) is 64.3 Å². The monoisotopic (exact) mass is 476 g/mol. The van der Waals surface area contributed by atoms with Crippen molar-refractivity contribution in [1.29, 1.82) is 0 Å². The molecule has 0 spiro atoms. The zero-order valence-corrected chi connectivity index (χ0v) is 22.2. The van der Waals surface area contributed by atoms with Crippen LogP contribution in [0.25, 0.3) is 0 Å². The number of piperazine rings is 1. The van der Waals surface area contributed by atoms with Gasteiger partial charge in [-0.15, -0.1) is 0 Å². The minimum atomic E-state index is 0.546. The number of nitrogen functional groups attached to an aromatic ring is 1. The van der Waals surface area contributed by atoms with E-state index in [1.807, 2.05) is 13.1 Å². The highest BCUT2D eigenvalue weighted by Crippen LogP contribution is 2.24. The first kappa shape index (κ1) is 28.6. The molecule has 2 heterocycles. The summed E-state index contributed by atoms with van der Waals surface area (Å²) in [4.78, 5) is 11.2. The number of anilines is 3. The van der Waals surface area contributed by atoms with Crippen molar-refractivity contribution in [3.05, 3.63) is 6.07 Å². The molecule has 196 valence electrons. The lowest BCUT2D eigenvalue weighted by Gasteiger charge is -2.28. The highest BCUT2D eigenvalue weighted by molar-refractivity contribution is 5.51. The maximum atomic E-state index is 5.94. The summed E-state index contributed by atoms with van der Waals surface area (Å²) in [6, 6.07) is 1.87. The molecule has 0 bridgehead atoms. The fourth-order valence-electron chi connectivity index (χ4n) is 4.77. The molecular weight excluding hydrogens is 424 g/mol. The van der Waals surface area contributed by atoms with Gasteiger partial charge in [-0.2, -0.15) is 9.97 Å². The predicted octanol–water partition coefficient (Wildman–Crippen LogP) is 3.47. The van der Waals surface area contributed by atoms with Gasteiger partial charge < -0.3 is 31.9 Å². The molecule has 1 aromatic heterocycles. The van der Waals surface area contributed by atoms with Gasteiger partial charge in [0.15, 0.2) is 0 Å². The summed E-state index contributed by atoms with van der Waals surface area (Å²) < 4.78 is 0. The van der Waals surface area contributed by atoms with Crippen LogP contribution in [0.2, 0.25) is 0 Å². The Morgan fingerprint density at radius 1 is 1.12 bits per heavy atom. The fraction of sp³-hybridized carbons (Fsp3) is 0.846. The summed E-state index contributed by atoms with van der Waals surface area (Å²) in [5.74, 6) is 3.81. The molecule has 0 aromatic carbocycles. The summed E-state index contributed by atoms with van der Waals surface area (Å²) in [7, 11) is 2.01. The number of nitrogens with zero attached hydrogens (tertiary/aromatic N) is 3. The van der Waals surface area contributed by atoms with Crippen molar-refractivity contribution in [3.8, 4) is 0 Å². The zero-order chi connectivity index (χ0) is 24.4. The van der Waals surface area contributed by atoms with Gasteiger partial charge in [0, 0.05) is 38.8 Å². The molecule has 8 heteroatoms. The molecule has 1 unspecified atom stereocenters. The summed E-state index contributed by atoms with van der Waals surface area (Å²) in [6.07, 6.45) is 12.0. The quantitative estimate of drug-likeness (QED) is 0.276. The zero-order valence-electron chi connectivity index (χ0n) is 22.2. The third-order valence-electron chi connectivity index (χ3n) is 6.93. The number of nitrogens with one attached hydrogen (secondary N) is 4. The molecular formula is C26H52N8. The van der Waals surface area contributed by atoms with Crippen LogP contribution in [0, 0.1) is 11.8 Å². The van der Waals surface area contributed by atoms with Gasteiger partial charge in [-0.25, -0.2) is 0 Å². The second kappa shape index (κ2) is 17.7. The highest BCUT2D eigenvalue weighted by Gasteiger charge is 2.16. The van der Waals surface area contributed by atoms with E-state index >= 15 is 0 Å². The molecule has 1 saturated heterocycles. The van der Waals surface area contributed by atoms with Crippen LogP contribution in [0.5, 0.6) is 0 Å². The van der Waals surface area contributed by atoms with Crippen molar-refractivity contribution in [2.75, 3.05) is 75.4 Å². The normalized spacial score (nSPS) is 17.7. The van der Waals surface area contributed by atoms with Crippen LogP contribution in [0.1, 0.15) is 71.6 Å². The van der Waals surface area contributed by atoms with Crippen molar-refractivity contribution in [2.45, 2.75) is 71.6 Å². The Labute approximate surface area is 208 Å². The van der Waals surface area contributed by atoms with Gasteiger partial charge in [0.05, 0.1) is 0 Å². The van der Waals surface area contributed by atoms with E-state index in [0.29, 0.717) is 11.8 Å². The number of hydrogen-bond acceptors (Lipinski definition) is 8. The molecule has 1 aliphatic heterocycles. The number of nitrogens with two attached hydrogens (primary N) is 1. The summed E-state index contributed by atoms with van der Waals surface area (Å²) >= 11 is 0. The van der Waals surface area contributed by atoms with Crippen molar-refractivity contribution in [1.82, 2.24) is 25.9 Å². The van der Waals surface area contributed by atoms with Crippen LogP contribution in [0.4, 0.5) is 17.6 Å². The summed E-state index contributed by atoms with van der Waals surface area (Å²) in [6.45, 7) is 12.9. The van der Waals surface area contributed by atoms with Crippen LogP contribution < -0.4 is 31.9 Å². The second-order valence-electron chi connectivity index (χ2n) is 9.82. The predicted molar refractivity (Wildman–Crippen MR) is 147 cm³/mol. The Bertz CT molecular complexity index is 629. The van der Waals surface area contributed by atoms with Gasteiger partial charge in [0.25, 0.3) is 0 Å². The van der Waals surface area contributed by atoms with Gasteiger partial charge in [-0.3, -0.25) is 0 Å².